The molecule has 2 amide bonds. The van der Waals surface area contributed by atoms with Gasteiger partial charge in [0.15, 0.2) is 0 Å². The maximum absolute atomic E-state index is 13.4. The van der Waals surface area contributed by atoms with Gasteiger partial charge in [-0.25, -0.2) is 4.39 Å². The van der Waals surface area contributed by atoms with Crippen LogP contribution < -0.4 is 15.4 Å². The van der Waals surface area contributed by atoms with Crippen LogP contribution in [0.5, 0.6) is 5.75 Å². The van der Waals surface area contributed by atoms with Gasteiger partial charge in [0.05, 0.1) is 17.7 Å². The van der Waals surface area contributed by atoms with Gasteiger partial charge in [-0.15, -0.1) is 0 Å². The van der Waals surface area contributed by atoms with Gasteiger partial charge in [-0.3, -0.25) is 9.59 Å². The number of hydrogen-bond donors (Lipinski definition) is 1. The largest absolute Gasteiger partial charge is 0.489 e. The third kappa shape index (κ3) is 2.89. The zero-order chi connectivity index (χ0) is 14.9. The van der Waals surface area contributed by atoms with Crippen molar-refractivity contribution < 1.29 is 18.7 Å². The van der Waals surface area contributed by atoms with E-state index in [4.69, 9.17) is 10.5 Å². The van der Waals surface area contributed by atoms with Crippen LogP contribution in [0.25, 0.3) is 0 Å². The van der Waals surface area contributed by atoms with Crippen LogP contribution in [0.1, 0.15) is 20.3 Å². The third-order valence-corrected chi connectivity index (χ3v) is 3.10. The van der Waals surface area contributed by atoms with E-state index < -0.39 is 17.6 Å². The zero-order valence-electron chi connectivity index (χ0n) is 11.4. The minimum absolute atomic E-state index is 0.0486. The lowest BCUT2D eigenvalue weighted by atomic mass is 10.1. The van der Waals surface area contributed by atoms with Crippen LogP contribution in [0.4, 0.5) is 10.1 Å². The molecule has 0 radical (unpaired) electrons. The highest BCUT2D eigenvalue weighted by atomic mass is 19.1. The molecule has 0 saturated carbocycles. The van der Waals surface area contributed by atoms with E-state index in [1.54, 1.807) is 0 Å². The maximum Gasteiger partial charge on any atom is 0.227 e. The molecule has 1 aromatic carbocycles. The van der Waals surface area contributed by atoms with Gasteiger partial charge < -0.3 is 15.4 Å². The van der Waals surface area contributed by atoms with E-state index in [-0.39, 0.29) is 25.0 Å². The number of carbonyl (C=O) groups is 2. The average Bonchev–Trinajstić information content (AvgIpc) is 2.73. The molecule has 0 spiro atoms. The SMILES string of the molecule is CC(C)Oc1ccc(F)cc1N1CC(C(N)=O)CC1=O. The Morgan fingerprint density at radius 2 is 2.20 bits per heavy atom. The number of anilines is 1. The molecule has 2 rings (SSSR count). The Kier molecular flexibility index (Phi) is 3.92. The topological polar surface area (TPSA) is 72.6 Å². The second-order valence-electron chi connectivity index (χ2n) is 5.09. The molecule has 1 aromatic rings. The molecule has 20 heavy (non-hydrogen) atoms. The predicted octanol–water partition coefficient (Wildman–Crippen LogP) is 1.45. The number of rotatable bonds is 4. The number of nitrogens with zero attached hydrogens (tertiary/aromatic N) is 1. The first-order valence-electron chi connectivity index (χ1n) is 6.44. The second-order valence-corrected chi connectivity index (χ2v) is 5.09. The summed E-state index contributed by atoms with van der Waals surface area (Å²) in [6.45, 7) is 3.84. The number of carbonyl (C=O) groups excluding carboxylic acids is 2. The van der Waals surface area contributed by atoms with Crippen LogP contribution in [-0.4, -0.2) is 24.5 Å². The summed E-state index contributed by atoms with van der Waals surface area (Å²) in [5, 5.41) is 0. The van der Waals surface area contributed by atoms with Gasteiger partial charge in [-0.2, -0.15) is 0 Å². The monoisotopic (exact) mass is 280 g/mol. The van der Waals surface area contributed by atoms with E-state index in [0.717, 1.165) is 0 Å². The molecule has 1 fully saturated rings. The summed E-state index contributed by atoms with van der Waals surface area (Å²) in [6.07, 6.45) is -0.0590. The molecule has 2 N–H and O–H groups in total. The molecule has 0 bridgehead atoms. The minimum atomic E-state index is -0.544. The van der Waals surface area contributed by atoms with Crippen LogP contribution in [-0.2, 0) is 9.59 Å². The molecule has 1 unspecified atom stereocenters. The van der Waals surface area contributed by atoms with Crippen molar-refractivity contribution in [3.63, 3.8) is 0 Å². The summed E-state index contributed by atoms with van der Waals surface area (Å²) >= 11 is 0. The lowest BCUT2D eigenvalue weighted by Crippen LogP contribution is -2.29. The van der Waals surface area contributed by atoms with Gasteiger partial charge in [0, 0.05) is 19.0 Å². The molecule has 1 saturated heterocycles. The summed E-state index contributed by atoms with van der Waals surface area (Å²) in [6, 6.07) is 3.99. The summed E-state index contributed by atoms with van der Waals surface area (Å²) in [4.78, 5) is 24.5. The van der Waals surface area contributed by atoms with Crippen LogP contribution in [0, 0.1) is 11.7 Å². The Morgan fingerprint density at radius 1 is 1.50 bits per heavy atom. The Labute approximate surface area is 116 Å². The van der Waals surface area contributed by atoms with E-state index >= 15 is 0 Å². The Hall–Kier alpha value is -2.11. The molecule has 108 valence electrons. The van der Waals surface area contributed by atoms with Crippen LogP contribution >= 0.6 is 0 Å². The number of halogens is 1. The molecular formula is C14H17FN2O3. The van der Waals surface area contributed by atoms with Gasteiger partial charge in [-0.1, -0.05) is 0 Å². The lowest BCUT2D eigenvalue weighted by Gasteiger charge is -2.21. The normalized spacial score (nSPS) is 18.7. The predicted molar refractivity (Wildman–Crippen MR) is 71.8 cm³/mol. The average molecular weight is 280 g/mol. The van der Waals surface area contributed by atoms with Gasteiger partial charge in [0.25, 0.3) is 0 Å². The summed E-state index contributed by atoms with van der Waals surface area (Å²) in [5.41, 5.74) is 5.57. The molecule has 1 atom stereocenters. The Bertz CT molecular complexity index is 545. The molecule has 0 aromatic heterocycles. The van der Waals surface area contributed by atoms with Gasteiger partial charge in [0.2, 0.25) is 11.8 Å². The molecule has 6 heteroatoms. The molecule has 1 heterocycles. The highest BCUT2D eigenvalue weighted by Crippen LogP contribution is 2.34. The summed E-state index contributed by atoms with van der Waals surface area (Å²) in [5.74, 6) is -1.37. The van der Waals surface area contributed by atoms with Crippen molar-refractivity contribution in [3.8, 4) is 5.75 Å². The van der Waals surface area contributed by atoms with Crippen molar-refractivity contribution in [2.45, 2.75) is 26.4 Å². The van der Waals surface area contributed by atoms with Gasteiger partial charge in [0.1, 0.15) is 11.6 Å². The maximum atomic E-state index is 13.4. The third-order valence-electron chi connectivity index (χ3n) is 3.10. The number of ether oxygens (including phenoxy) is 1. The van der Waals surface area contributed by atoms with Crippen molar-refractivity contribution in [3.05, 3.63) is 24.0 Å². The zero-order valence-corrected chi connectivity index (χ0v) is 11.4. The number of amides is 2. The van der Waals surface area contributed by atoms with E-state index in [1.807, 2.05) is 13.8 Å². The van der Waals surface area contributed by atoms with Crippen LogP contribution in [0.2, 0.25) is 0 Å². The molecule has 1 aliphatic heterocycles. The number of hydrogen-bond acceptors (Lipinski definition) is 3. The summed E-state index contributed by atoms with van der Waals surface area (Å²) < 4.78 is 19.0. The van der Waals surface area contributed by atoms with Crippen LogP contribution in [0.15, 0.2) is 18.2 Å². The van der Waals surface area contributed by atoms with Crippen molar-refractivity contribution in [2.24, 2.45) is 11.7 Å². The lowest BCUT2D eigenvalue weighted by molar-refractivity contribution is -0.123. The van der Waals surface area contributed by atoms with E-state index in [2.05, 4.69) is 0 Å². The molecular weight excluding hydrogens is 263 g/mol. The van der Waals surface area contributed by atoms with Crippen molar-refractivity contribution >= 4 is 17.5 Å². The standard InChI is InChI=1S/C14H17FN2O3/c1-8(2)20-12-4-3-10(15)6-11(12)17-7-9(14(16)19)5-13(17)18/h3-4,6,8-9H,5,7H2,1-2H3,(H2,16,19). The van der Waals surface area contributed by atoms with Crippen molar-refractivity contribution in [1.82, 2.24) is 0 Å². The highest BCUT2D eigenvalue weighted by Gasteiger charge is 2.35. The van der Waals surface area contributed by atoms with E-state index in [1.165, 1.54) is 23.1 Å². The smallest absolute Gasteiger partial charge is 0.227 e. The van der Waals surface area contributed by atoms with Crippen molar-refractivity contribution in [2.75, 3.05) is 11.4 Å². The fourth-order valence-corrected chi connectivity index (χ4v) is 2.19. The quantitative estimate of drug-likeness (QED) is 0.907. The minimum Gasteiger partial charge on any atom is -0.489 e. The fourth-order valence-electron chi connectivity index (χ4n) is 2.19. The van der Waals surface area contributed by atoms with E-state index in [9.17, 15) is 14.0 Å². The first-order chi connectivity index (χ1) is 9.38. The fraction of sp³-hybridized carbons (Fsp3) is 0.429. The summed E-state index contributed by atoms with van der Waals surface area (Å²) in [7, 11) is 0. The Morgan fingerprint density at radius 3 is 2.75 bits per heavy atom. The van der Waals surface area contributed by atoms with Crippen LogP contribution in [0.3, 0.4) is 0 Å². The molecule has 5 nitrogen and oxygen atoms in total. The van der Waals surface area contributed by atoms with Gasteiger partial charge >= 0.3 is 0 Å². The highest BCUT2D eigenvalue weighted by molar-refractivity contribution is 6.01. The first kappa shape index (κ1) is 14.3. The number of primary amides is 1. The Balaban J connectivity index is 2.34. The first-order valence-corrected chi connectivity index (χ1v) is 6.44. The van der Waals surface area contributed by atoms with Crippen molar-refractivity contribution in [1.29, 1.82) is 0 Å². The number of benzene rings is 1. The van der Waals surface area contributed by atoms with Gasteiger partial charge in [-0.05, 0) is 26.0 Å². The molecule has 0 aliphatic carbocycles. The van der Waals surface area contributed by atoms with E-state index in [0.29, 0.717) is 11.4 Å². The second kappa shape index (κ2) is 5.48. The number of nitrogens with two attached hydrogens (primary N) is 1. The molecule has 1 aliphatic rings.